The molecular formula is C13H16F3NO2S. The fourth-order valence-electron chi connectivity index (χ4n) is 1.41. The second kappa shape index (κ2) is 7.42. The van der Waals surface area contributed by atoms with Crippen LogP contribution in [0.3, 0.4) is 0 Å². The van der Waals surface area contributed by atoms with E-state index >= 15 is 0 Å². The van der Waals surface area contributed by atoms with Crippen molar-refractivity contribution in [1.82, 2.24) is 4.31 Å². The quantitative estimate of drug-likeness (QED) is 0.758. The van der Waals surface area contributed by atoms with Gasteiger partial charge < -0.3 is 4.74 Å². The van der Waals surface area contributed by atoms with Gasteiger partial charge in [0.1, 0.15) is 0 Å². The molecule has 0 radical (unpaired) electrons. The summed E-state index contributed by atoms with van der Waals surface area (Å²) in [4.78, 5) is 11.5. The van der Waals surface area contributed by atoms with Gasteiger partial charge in [0, 0.05) is 12.3 Å². The van der Waals surface area contributed by atoms with Crippen LogP contribution in [0.4, 0.5) is 18.0 Å². The van der Waals surface area contributed by atoms with Gasteiger partial charge in [0.15, 0.2) is 0 Å². The van der Waals surface area contributed by atoms with Crippen molar-refractivity contribution < 1.29 is 22.7 Å². The minimum absolute atomic E-state index is 0.288. The summed E-state index contributed by atoms with van der Waals surface area (Å²) in [5, 5.41) is 0. The van der Waals surface area contributed by atoms with Crippen LogP contribution in [0.25, 0.3) is 0 Å². The van der Waals surface area contributed by atoms with Crippen molar-refractivity contribution in [2.24, 2.45) is 0 Å². The number of nitrogens with zero attached hydrogens (tertiary/aromatic N) is 1. The predicted molar refractivity (Wildman–Crippen MR) is 72.1 cm³/mol. The highest BCUT2D eigenvalue weighted by Crippen LogP contribution is 2.29. The maximum absolute atomic E-state index is 12.4. The number of halogens is 3. The minimum Gasteiger partial charge on any atom is -0.449 e. The third kappa shape index (κ3) is 4.96. The van der Waals surface area contributed by atoms with Gasteiger partial charge in [-0.25, -0.2) is 4.79 Å². The monoisotopic (exact) mass is 307 g/mol. The van der Waals surface area contributed by atoms with Crippen LogP contribution in [-0.2, 0) is 16.7 Å². The highest BCUT2D eigenvalue weighted by Gasteiger charge is 2.29. The Labute approximate surface area is 120 Å². The molecule has 112 valence electrons. The lowest BCUT2D eigenvalue weighted by atomic mass is 10.1. The number of rotatable bonds is 5. The zero-order valence-corrected chi connectivity index (χ0v) is 12.1. The van der Waals surface area contributed by atoms with Gasteiger partial charge in [-0.1, -0.05) is 12.1 Å². The van der Waals surface area contributed by atoms with Gasteiger partial charge in [-0.3, -0.25) is 4.31 Å². The van der Waals surface area contributed by atoms with Gasteiger partial charge >= 0.3 is 12.3 Å². The molecule has 0 aliphatic heterocycles. The average Bonchev–Trinajstić information content (AvgIpc) is 2.39. The molecule has 1 aromatic carbocycles. The average molecular weight is 307 g/mol. The molecule has 0 saturated heterocycles. The molecule has 7 heteroatoms. The third-order valence-electron chi connectivity index (χ3n) is 2.43. The normalized spacial score (nSPS) is 11.2. The molecule has 0 unspecified atom stereocenters. The van der Waals surface area contributed by atoms with E-state index < -0.39 is 17.8 Å². The van der Waals surface area contributed by atoms with Crippen LogP contribution in [0.5, 0.6) is 0 Å². The number of ether oxygens (including phenoxy) is 1. The molecule has 0 bridgehead atoms. The maximum atomic E-state index is 12.4. The van der Waals surface area contributed by atoms with Crippen LogP contribution in [0.1, 0.15) is 25.0 Å². The summed E-state index contributed by atoms with van der Waals surface area (Å²) in [6, 6.07) is 4.90. The van der Waals surface area contributed by atoms with Crippen LogP contribution in [-0.4, -0.2) is 23.6 Å². The number of carbonyl (C=O) groups excluding carboxylic acids is 1. The van der Waals surface area contributed by atoms with E-state index in [0.717, 1.165) is 12.1 Å². The summed E-state index contributed by atoms with van der Waals surface area (Å²) in [7, 11) is 0. The number of benzene rings is 1. The van der Waals surface area contributed by atoms with Crippen LogP contribution in [0, 0.1) is 0 Å². The maximum Gasteiger partial charge on any atom is 0.419 e. The molecule has 0 fully saturated rings. The second-order valence-corrected chi connectivity index (χ2v) is 4.85. The summed E-state index contributed by atoms with van der Waals surface area (Å²) in [5.41, 5.74) is 0.0368. The van der Waals surface area contributed by atoms with Gasteiger partial charge in [-0.2, -0.15) is 13.2 Å². The van der Waals surface area contributed by atoms with E-state index in [2.05, 4.69) is 0 Å². The first-order chi connectivity index (χ1) is 9.38. The van der Waals surface area contributed by atoms with Gasteiger partial charge in [-0.05, 0) is 43.5 Å². The highest BCUT2D eigenvalue weighted by atomic mass is 32.2. The Morgan fingerprint density at radius 1 is 1.25 bits per heavy atom. The molecule has 0 spiro atoms. The fraction of sp³-hybridized carbons (Fsp3) is 0.462. The van der Waals surface area contributed by atoms with Crippen molar-refractivity contribution in [2.45, 2.75) is 25.8 Å². The van der Waals surface area contributed by atoms with Crippen molar-refractivity contribution >= 4 is 18.0 Å². The molecule has 0 heterocycles. The standard InChI is InChI=1S/C13H16F3NO2S/c1-3-17(12(18)19-4-2)20-9-10-5-7-11(8-6-10)13(14,15)16/h5-8H,3-4,9H2,1-2H3. The van der Waals surface area contributed by atoms with E-state index in [1.165, 1.54) is 28.4 Å². The summed E-state index contributed by atoms with van der Waals surface area (Å²) >= 11 is 1.21. The zero-order valence-electron chi connectivity index (χ0n) is 11.2. The minimum atomic E-state index is -4.33. The van der Waals surface area contributed by atoms with Crippen molar-refractivity contribution in [1.29, 1.82) is 0 Å². The van der Waals surface area contributed by atoms with Crippen molar-refractivity contribution in [3.63, 3.8) is 0 Å². The Morgan fingerprint density at radius 3 is 2.30 bits per heavy atom. The van der Waals surface area contributed by atoms with E-state index in [1.807, 2.05) is 0 Å². The third-order valence-corrected chi connectivity index (χ3v) is 3.61. The number of hydrogen-bond acceptors (Lipinski definition) is 3. The number of alkyl halides is 3. The molecule has 0 aliphatic carbocycles. The van der Waals surface area contributed by atoms with Gasteiger partial charge in [-0.15, -0.1) is 0 Å². The lowest BCUT2D eigenvalue weighted by Crippen LogP contribution is -2.25. The highest BCUT2D eigenvalue weighted by molar-refractivity contribution is 7.96. The van der Waals surface area contributed by atoms with E-state index in [4.69, 9.17) is 4.74 Å². The van der Waals surface area contributed by atoms with E-state index in [0.29, 0.717) is 17.9 Å². The fourth-order valence-corrected chi connectivity index (χ4v) is 2.25. The first kappa shape index (κ1) is 16.7. The summed E-state index contributed by atoms with van der Waals surface area (Å²) in [6.07, 6.45) is -4.77. The Balaban J connectivity index is 2.58. The van der Waals surface area contributed by atoms with Crippen LogP contribution in [0.15, 0.2) is 24.3 Å². The Hall–Kier alpha value is -1.37. The van der Waals surface area contributed by atoms with Crippen LogP contribution >= 0.6 is 11.9 Å². The predicted octanol–water partition coefficient (Wildman–Crippen LogP) is 4.33. The Kier molecular flexibility index (Phi) is 6.19. The van der Waals surface area contributed by atoms with Crippen LogP contribution < -0.4 is 0 Å². The molecule has 0 N–H and O–H groups in total. The van der Waals surface area contributed by atoms with Crippen molar-refractivity contribution in [3.05, 3.63) is 35.4 Å². The number of carbonyl (C=O) groups is 1. The number of amides is 1. The second-order valence-electron chi connectivity index (χ2n) is 3.86. The lowest BCUT2D eigenvalue weighted by Gasteiger charge is -2.18. The van der Waals surface area contributed by atoms with Gasteiger partial charge in [0.25, 0.3) is 0 Å². The molecule has 0 saturated carbocycles. The van der Waals surface area contributed by atoms with Crippen molar-refractivity contribution in [2.75, 3.05) is 13.2 Å². The summed E-state index contributed by atoms with van der Waals surface area (Å²) < 4.78 is 43.5. The zero-order chi connectivity index (χ0) is 15.2. The molecule has 0 atom stereocenters. The molecular weight excluding hydrogens is 291 g/mol. The molecule has 1 amide bonds. The molecule has 1 rings (SSSR count). The van der Waals surface area contributed by atoms with E-state index in [-0.39, 0.29) is 6.61 Å². The van der Waals surface area contributed by atoms with Gasteiger partial charge in [0.2, 0.25) is 0 Å². The molecule has 0 aliphatic rings. The first-order valence-corrected chi connectivity index (χ1v) is 7.06. The van der Waals surface area contributed by atoms with Crippen LogP contribution in [0.2, 0.25) is 0 Å². The molecule has 0 aromatic heterocycles. The lowest BCUT2D eigenvalue weighted by molar-refractivity contribution is -0.137. The first-order valence-electron chi connectivity index (χ1n) is 6.11. The molecule has 3 nitrogen and oxygen atoms in total. The number of hydrogen-bond donors (Lipinski definition) is 0. The smallest absolute Gasteiger partial charge is 0.419 e. The largest absolute Gasteiger partial charge is 0.449 e. The Bertz CT molecular complexity index is 434. The summed E-state index contributed by atoms with van der Waals surface area (Å²) in [6.45, 7) is 4.27. The molecule has 1 aromatic rings. The SMILES string of the molecule is CCOC(=O)N(CC)SCc1ccc(C(F)(F)F)cc1. The topological polar surface area (TPSA) is 29.5 Å². The summed E-state index contributed by atoms with van der Waals surface area (Å²) in [5.74, 6) is 0.408. The Morgan fingerprint density at radius 2 is 1.85 bits per heavy atom. The van der Waals surface area contributed by atoms with E-state index in [1.54, 1.807) is 13.8 Å². The van der Waals surface area contributed by atoms with E-state index in [9.17, 15) is 18.0 Å². The van der Waals surface area contributed by atoms with Crippen molar-refractivity contribution in [3.8, 4) is 0 Å². The molecule has 20 heavy (non-hydrogen) atoms. The van der Waals surface area contributed by atoms with Gasteiger partial charge in [0.05, 0.1) is 12.2 Å².